The van der Waals surface area contributed by atoms with Crippen molar-refractivity contribution in [3.05, 3.63) is 40.0 Å². The number of aryl methyl sites for hydroxylation is 1. The number of anilines is 3. The Balaban J connectivity index is 1.48. The third kappa shape index (κ3) is 5.58. The van der Waals surface area contributed by atoms with Crippen LogP contribution in [0.25, 0.3) is 0 Å². The molecule has 1 heterocycles. The fraction of sp³-hybridized carbons (Fsp3) is 0.542. The van der Waals surface area contributed by atoms with E-state index in [0.717, 1.165) is 55.4 Å². The lowest BCUT2D eigenvalue weighted by atomic mass is 9.90. The Morgan fingerprint density at radius 1 is 1.11 bits per heavy atom. The average Bonchev–Trinajstić information content (AvgIpc) is 2.80. The number of carbonyl (C=O) groups is 1. The quantitative estimate of drug-likeness (QED) is 0.562. The van der Waals surface area contributed by atoms with E-state index in [2.05, 4.69) is 5.32 Å². The summed E-state index contributed by atoms with van der Waals surface area (Å²) in [7, 11) is 3.95. The van der Waals surface area contributed by atoms with Crippen molar-refractivity contribution in [1.29, 1.82) is 0 Å². The summed E-state index contributed by atoms with van der Waals surface area (Å²) in [6.07, 6.45) is 2.09. The van der Waals surface area contributed by atoms with Gasteiger partial charge in [0.2, 0.25) is 5.95 Å². The summed E-state index contributed by atoms with van der Waals surface area (Å²) in [6.45, 7) is 0. The molecule has 2 aromatic rings. The minimum absolute atomic E-state index is 0.0148. The molecule has 11 heteroatoms. The van der Waals surface area contributed by atoms with Gasteiger partial charge in [0.15, 0.2) is 0 Å². The van der Waals surface area contributed by atoms with Gasteiger partial charge in [-0.3, -0.25) is 4.90 Å². The molecule has 0 radical (unpaired) electrons. The van der Waals surface area contributed by atoms with Crippen molar-refractivity contribution in [3.63, 3.8) is 0 Å². The Morgan fingerprint density at radius 3 is 2.43 bits per heavy atom. The maximum absolute atomic E-state index is 13.2. The SMILES string of the molecule is CN(C)c1nc(N[C@H]2CC[C@@H](N(C(N)=O)c3cc(C(F)(F)F)ccc3Cl)CC2)nc2c1CCCC2. The molecule has 0 aliphatic heterocycles. The molecular weight excluding hydrogens is 481 g/mol. The molecule has 2 aliphatic carbocycles. The van der Waals surface area contributed by atoms with Gasteiger partial charge in [-0.2, -0.15) is 18.2 Å². The molecule has 7 nitrogen and oxygen atoms in total. The highest BCUT2D eigenvalue weighted by Gasteiger charge is 2.35. The second-order valence-corrected chi connectivity index (χ2v) is 9.83. The predicted molar refractivity (Wildman–Crippen MR) is 131 cm³/mol. The molecule has 1 saturated carbocycles. The van der Waals surface area contributed by atoms with Crippen LogP contribution in [-0.2, 0) is 19.0 Å². The molecule has 0 atom stereocenters. The van der Waals surface area contributed by atoms with Crippen LogP contribution < -0.4 is 20.9 Å². The number of benzene rings is 1. The molecule has 0 bridgehead atoms. The van der Waals surface area contributed by atoms with E-state index < -0.39 is 17.8 Å². The second kappa shape index (κ2) is 10.1. The summed E-state index contributed by atoms with van der Waals surface area (Å²) in [6, 6.07) is 1.84. The highest BCUT2D eigenvalue weighted by Crippen LogP contribution is 2.38. The Hall–Kier alpha value is -2.75. The fourth-order valence-electron chi connectivity index (χ4n) is 5.04. The monoisotopic (exact) mass is 510 g/mol. The largest absolute Gasteiger partial charge is 0.416 e. The molecule has 0 saturated heterocycles. The van der Waals surface area contributed by atoms with E-state index in [-0.39, 0.29) is 22.8 Å². The number of urea groups is 1. The number of hydrogen-bond donors (Lipinski definition) is 2. The summed E-state index contributed by atoms with van der Waals surface area (Å²) in [5.74, 6) is 1.52. The van der Waals surface area contributed by atoms with Gasteiger partial charge >= 0.3 is 12.2 Å². The molecule has 1 fully saturated rings. The van der Waals surface area contributed by atoms with Crippen LogP contribution in [0.15, 0.2) is 18.2 Å². The van der Waals surface area contributed by atoms with Crippen molar-refractivity contribution in [3.8, 4) is 0 Å². The molecule has 3 N–H and O–H groups in total. The minimum Gasteiger partial charge on any atom is -0.362 e. The van der Waals surface area contributed by atoms with Crippen molar-refractivity contribution in [2.75, 3.05) is 29.2 Å². The molecule has 0 spiro atoms. The number of halogens is 4. The van der Waals surface area contributed by atoms with E-state index in [0.29, 0.717) is 31.6 Å². The Morgan fingerprint density at radius 2 is 1.80 bits per heavy atom. The van der Waals surface area contributed by atoms with Crippen LogP contribution in [0.4, 0.5) is 35.4 Å². The van der Waals surface area contributed by atoms with E-state index >= 15 is 0 Å². The first-order valence-corrected chi connectivity index (χ1v) is 12.2. The van der Waals surface area contributed by atoms with Gasteiger partial charge in [-0.1, -0.05) is 11.6 Å². The van der Waals surface area contributed by atoms with Crippen LogP contribution in [0, 0.1) is 0 Å². The number of fused-ring (bicyclic) bond motifs is 1. The molecule has 1 aromatic heterocycles. The second-order valence-electron chi connectivity index (χ2n) is 9.42. The average molecular weight is 511 g/mol. The molecule has 4 rings (SSSR count). The third-order valence-electron chi connectivity index (χ3n) is 6.75. The number of nitrogens with zero attached hydrogens (tertiary/aromatic N) is 4. The van der Waals surface area contributed by atoms with Gasteiger partial charge in [0.05, 0.1) is 22.0 Å². The number of aromatic nitrogens is 2. The van der Waals surface area contributed by atoms with Crippen molar-refractivity contribution in [1.82, 2.24) is 9.97 Å². The first kappa shape index (κ1) is 25.3. The lowest BCUT2D eigenvalue weighted by molar-refractivity contribution is -0.137. The number of hydrogen-bond acceptors (Lipinski definition) is 5. The van der Waals surface area contributed by atoms with E-state index in [4.69, 9.17) is 27.3 Å². The van der Waals surface area contributed by atoms with Gasteiger partial charge in [-0.15, -0.1) is 0 Å². The molecular formula is C24H30ClF3N6O. The van der Waals surface area contributed by atoms with Crippen molar-refractivity contribution in [2.45, 2.75) is 69.6 Å². The van der Waals surface area contributed by atoms with Gasteiger partial charge in [0.1, 0.15) is 5.82 Å². The summed E-state index contributed by atoms with van der Waals surface area (Å²) >= 11 is 6.19. The Labute approximate surface area is 207 Å². The maximum atomic E-state index is 13.2. The normalized spacial score (nSPS) is 20.2. The summed E-state index contributed by atoms with van der Waals surface area (Å²) in [5, 5.41) is 3.49. The number of nitrogens with two attached hydrogens (primary N) is 1. The van der Waals surface area contributed by atoms with E-state index in [1.165, 1.54) is 10.5 Å². The molecule has 2 amide bonds. The number of nitrogens with one attached hydrogen (secondary N) is 1. The topological polar surface area (TPSA) is 87.4 Å². The van der Waals surface area contributed by atoms with Crippen molar-refractivity contribution < 1.29 is 18.0 Å². The van der Waals surface area contributed by atoms with Gasteiger partial charge in [-0.25, -0.2) is 9.78 Å². The summed E-state index contributed by atoms with van der Waals surface area (Å²) in [4.78, 5) is 25.0. The van der Waals surface area contributed by atoms with Gasteiger partial charge in [-0.05, 0) is 69.6 Å². The van der Waals surface area contributed by atoms with Gasteiger partial charge in [0, 0.05) is 31.7 Å². The third-order valence-corrected chi connectivity index (χ3v) is 7.07. The highest BCUT2D eigenvalue weighted by molar-refractivity contribution is 6.33. The van der Waals surface area contributed by atoms with Crippen LogP contribution in [-0.4, -0.2) is 42.2 Å². The van der Waals surface area contributed by atoms with Crippen LogP contribution >= 0.6 is 11.6 Å². The molecule has 0 unspecified atom stereocenters. The zero-order chi connectivity index (χ0) is 25.3. The zero-order valence-corrected chi connectivity index (χ0v) is 20.6. The fourth-order valence-corrected chi connectivity index (χ4v) is 5.25. The molecule has 1 aromatic carbocycles. The number of carbonyl (C=O) groups excluding carboxylic acids is 1. The number of alkyl halides is 3. The molecule has 2 aliphatic rings. The minimum atomic E-state index is -4.55. The number of primary amides is 1. The maximum Gasteiger partial charge on any atom is 0.416 e. The standard InChI is InChI=1S/C24H30ClF3N6O/c1-33(2)21-17-5-3-4-6-19(17)31-23(32-21)30-15-8-10-16(11-9-15)34(22(29)35)20-13-14(24(26,27)28)7-12-18(20)25/h7,12-13,15-16H,3-6,8-11H2,1-2H3,(H2,29,35)(H,30,31,32)/t15-,16+. The number of amides is 2. The lowest BCUT2D eigenvalue weighted by Crippen LogP contribution is -2.47. The predicted octanol–water partition coefficient (Wildman–Crippen LogP) is 5.40. The molecule has 190 valence electrons. The highest BCUT2D eigenvalue weighted by atomic mass is 35.5. The summed E-state index contributed by atoms with van der Waals surface area (Å²) in [5.41, 5.74) is 7.01. The van der Waals surface area contributed by atoms with Crippen molar-refractivity contribution in [2.24, 2.45) is 5.73 Å². The smallest absolute Gasteiger partial charge is 0.362 e. The molecule has 35 heavy (non-hydrogen) atoms. The van der Waals surface area contributed by atoms with Gasteiger partial charge < -0.3 is 16.0 Å². The van der Waals surface area contributed by atoms with E-state index in [1.807, 2.05) is 19.0 Å². The van der Waals surface area contributed by atoms with Crippen LogP contribution in [0.2, 0.25) is 5.02 Å². The van der Waals surface area contributed by atoms with Crippen molar-refractivity contribution >= 4 is 35.1 Å². The lowest BCUT2D eigenvalue weighted by Gasteiger charge is -2.37. The van der Waals surface area contributed by atoms with Gasteiger partial charge in [0.25, 0.3) is 0 Å². The van der Waals surface area contributed by atoms with E-state index in [1.54, 1.807) is 0 Å². The first-order chi connectivity index (χ1) is 16.5. The Bertz CT molecular complexity index is 1090. The Kier molecular flexibility index (Phi) is 7.30. The van der Waals surface area contributed by atoms with Crippen LogP contribution in [0.3, 0.4) is 0 Å². The zero-order valence-electron chi connectivity index (χ0n) is 19.8. The first-order valence-electron chi connectivity index (χ1n) is 11.8. The van der Waals surface area contributed by atoms with Crippen LogP contribution in [0.5, 0.6) is 0 Å². The summed E-state index contributed by atoms with van der Waals surface area (Å²) < 4.78 is 39.7. The number of rotatable bonds is 5. The van der Waals surface area contributed by atoms with Crippen LogP contribution in [0.1, 0.15) is 55.3 Å². The van der Waals surface area contributed by atoms with E-state index in [9.17, 15) is 18.0 Å².